The Balaban J connectivity index is 1.77. The number of aryl methyl sites for hydroxylation is 2. The number of hydrogen-bond donors (Lipinski definition) is 0. The standard InChI is InChI=1S/C20H20O2/c1-16-5-9-18(10-6-16)4-3-15-22-20(21)14-13-19-11-7-17(2)8-12-19/h3-14H,15H2,1-2H3/b4-3+,14-13+. The van der Waals surface area contributed by atoms with E-state index in [1.54, 1.807) is 6.08 Å². The quantitative estimate of drug-likeness (QED) is 0.596. The fraction of sp³-hybridized carbons (Fsp3) is 0.150. The fourth-order valence-corrected chi connectivity index (χ4v) is 1.88. The van der Waals surface area contributed by atoms with Crippen molar-refractivity contribution in [2.24, 2.45) is 0 Å². The monoisotopic (exact) mass is 292 g/mol. The van der Waals surface area contributed by atoms with E-state index in [1.807, 2.05) is 55.5 Å². The molecule has 2 aromatic carbocycles. The molecule has 2 heteroatoms. The Hall–Kier alpha value is -2.61. The Bertz CT molecular complexity index is 662. The molecule has 0 aliphatic carbocycles. The third-order valence-electron chi connectivity index (χ3n) is 3.20. The second-order valence-electron chi connectivity index (χ2n) is 5.19. The van der Waals surface area contributed by atoms with Gasteiger partial charge in [0.25, 0.3) is 0 Å². The summed E-state index contributed by atoms with van der Waals surface area (Å²) < 4.78 is 5.12. The molecule has 0 radical (unpaired) electrons. The number of rotatable bonds is 5. The summed E-state index contributed by atoms with van der Waals surface area (Å²) in [7, 11) is 0. The van der Waals surface area contributed by atoms with E-state index in [2.05, 4.69) is 19.1 Å². The molecule has 2 aromatic rings. The normalized spacial score (nSPS) is 11.2. The van der Waals surface area contributed by atoms with Gasteiger partial charge in [-0.2, -0.15) is 0 Å². The highest BCUT2D eigenvalue weighted by atomic mass is 16.5. The smallest absolute Gasteiger partial charge is 0.331 e. The highest BCUT2D eigenvalue weighted by Gasteiger charge is 1.95. The SMILES string of the molecule is Cc1ccc(/C=C/COC(=O)/C=C/c2ccc(C)cc2)cc1. The van der Waals surface area contributed by atoms with Crippen LogP contribution in [-0.4, -0.2) is 12.6 Å². The molecule has 0 heterocycles. The van der Waals surface area contributed by atoms with Gasteiger partial charge in [0.15, 0.2) is 0 Å². The van der Waals surface area contributed by atoms with Crippen LogP contribution in [0.25, 0.3) is 12.2 Å². The Morgan fingerprint density at radius 3 is 1.91 bits per heavy atom. The summed E-state index contributed by atoms with van der Waals surface area (Å²) in [5.41, 5.74) is 4.50. The summed E-state index contributed by atoms with van der Waals surface area (Å²) in [5.74, 6) is -0.339. The van der Waals surface area contributed by atoms with Crippen LogP contribution < -0.4 is 0 Å². The van der Waals surface area contributed by atoms with Gasteiger partial charge >= 0.3 is 5.97 Å². The highest BCUT2D eigenvalue weighted by molar-refractivity contribution is 5.87. The first kappa shape index (κ1) is 15.8. The molecule has 0 bridgehead atoms. The third kappa shape index (κ3) is 5.41. The minimum absolute atomic E-state index is 0.269. The van der Waals surface area contributed by atoms with Crippen LogP contribution in [0.5, 0.6) is 0 Å². The number of ether oxygens (including phenoxy) is 1. The lowest BCUT2D eigenvalue weighted by Crippen LogP contribution is -1.99. The molecule has 0 atom stereocenters. The Kier molecular flexibility index (Phi) is 5.73. The average Bonchev–Trinajstić information content (AvgIpc) is 2.53. The van der Waals surface area contributed by atoms with Crippen LogP contribution in [0.2, 0.25) is 0 Å². The van der Waals surface area contributed by atoms with E-state index in [0.717, 1.165) is 11.1 Å². The minimum atomic E-state index is -0.339. The zero-order valence-electron chi connectivity index (χ0n) is 13.0. The van der Waals surface area contributed by atoms with Crippen molar-refractivity contribution in [1.29, 1.82) is 0 Å². The Labute approximate surface area is 131 Å². The maximum absolute atomic E-state index is 11.6. The van der Waals surface area contributed by atoms with Crippen molar-refractivity contribution in [2.75, 3.05) is 6.61 Å². The molecule has 22 heavy (non-hydrogen) atoms. The zero-order valence-corrected chi connectivity index (χ0v) is 13.0. The van der Waals surface area contributed by atoms with Crippen LogP contribution in [0.15, 0.2) is 60.7 Å². The van der Waals surface area contributed by atoms with E-state index in [1.165, 1.54) is 17.2 Å². The molecular formula is C20H20O2. The highest BCUT2D eigenvalue weighted by Crippen LogP contribution is 2.06. The molecular weight excluding hydrogens is 272 g/mol. The maximum atomic E-state index is 11.6. The number of carbonyl (C=O) groups is 1. The summed E-state index contributed by atoms with van der Waals surface area (Å²) >= 11 is 0. The van der Waals surface area contributed by atoms with E-state index in [4.69, 9.17) is 4.74 Å². The number of benzene rings is 2. The van der Waals surface area contributed by atoms with Crippen LogP contribution in [0.3, 0.4) is 0 Å². The van der Waals surface area contributed by atoms with Crippen molar-refractivity contribution < 1.29 is 9.53 Å². The fourth-order valence-electron chi connectivity index (χ4n) is 1.88. The predicted octanol–water partition coefficient (Wildman–Crippen LogP) is 4.57. The van der Waals surface area contributed by atoms with Gasteiger partial charge in [0.1, 0.15) is 6.61 Å². The Morgan fingerprint density at radius 2 is 1.36 bits per heavy atom. The molecule has 0 aliphatic rings. The van der Waals surface area contributed by atoms with E-state index in [-0.39, 0.29) is 12.6 Å². The van der Waals surface area contributed by atoms with Gasteiger partial charge in [0.2, 0.25) is 0 Å². The lowest BCUT2D eigenvalue weighted by Gasteiger charge is -1.98. The van der Waals surface area contributed by atoms with Crippen molar-refractivity contribution in [2.45, 2.75) is 13.8 Å². The zero-order chi connectivity index (χ0) is 15.8. The molecule has 0 N–H and O–H groups in total. The number of esters is 1. The van der Waals surface area contributed by atoms with Crippen LogP contribution in [0, 0.1) is 13.8 Å². The van der Waals surface area contributed by atoms with Crippen LogP contribution >= 0.6 is 0 Å². The molecule has 0 amide bonds. The Morgan fingerprint density at radius 1 is 0.864 bits per heavy atom. The molecule has 0 aliphatic heterocycles. The predicted molar refractivity (Wildman–Crippen MR) is 91.4 cm³/mol. The molecule has 0 unspecified atom stereocenters. The van der Waals surface area contributed by atoms with Gasteiger partial charge < -0.3 is 4.74 Å². The van der Waals surface area contributed by atoms with E-state index in [9.17, 15) is 4.79 Å². The van der Waals surface area contributed by atoms with Crippen LogP contribution in [-0.2, 0) is 9.53 Å². The van der Waals surface area contributed by atoms with Crippen LogP contribution in [0.1, 0.15) is 22.3 Å². The molecule has 2 rings (SSSR count). The largest absolute Gasteiger partial charge is 0.458 e. The molecule has 0 saturated heterocycles. The number of carbonyl (C=O) groups excluding carboxylic acids is 1. The van der Waals surface area contributed by atoms with Gasteiger partial charge in [-0.1, -0.05) is 65.7 Å². The topological polar surface area (TPSA) is 26.3 Å². The molecule has 0 fully saturated rings. The van der Waals surface area contributed by atoms with Gasteiger partial charge in [0.05, 0.1) is 0 Å². The second-order valence-corrected chi connectivity index (χ2v) is 5.19. The average molecular weight is 292 g/mol. The van der Waals surface area contributed by atoms with Crippen molar-refractivity contribution >= 4 is 18.1 Å². The lowest BCUT2D eigenvalue weighted by atomic mass is 10.1. The summed E-state index contributed by atoms with van der Waals surface area (Å²) in [6.45, 7) is 4.35. The third-order valence-corrected chi connectivity index (χ3v) is 3.20. The summed E-state index contributed by atoms with van der Waals surface area (Å²) in [4.78, 5) is 11.6. The van der Waals surface area contributed by atoms with E-state index in [0.29, 0.717) is 0 Å². The van der Waals surface area contributed by atoms with Gasteiger partial charge in [-0.25, -0.2) is 4.79 Å². The second kappa shape index (κ2) is 7.99. The first-order valence-corrected chi connectivity index (χ1v) is 7.28. The first-order chi connectivity index (χ1) is 10.6. The van der Waals surface area contributed by atoms with Crippen molar-refractivity contribution in [1.82, 2.24) is 0 Å². The van der Waals surface area contributed by atoms with Gasteiger partial charge in [-0.05, 0) is 37.1 Å². The van der Waals surface area contributed by atoms with Gasteiger partial charge in [0, 0.05) is 6.08 Å². The molecule has 2 nitrogen and oxygen atoms in total. The van der Waals surface area contributed by atoms with Gasteiger partial charge in [-0.3, -0.25) is 0 Å². The summed E-state index contributed by atoms with van der Waals surface area (Å²) in [5, 5.41) is 0. The maximum Gasteiger partial charge on any atom is 0.331 e. The molecule has 0 spiro atoms. The number of hydrogen-bond acceptors (Lipinski definition) is 2. The van der Waals surface area contributed by atoms with Crippen molar-refractivity contribution in [3.63, 3.8) is 0 Å². The minimum Gasteiger partial charge on any atom is -0.458 e. The first-order valence-electron chi connectivity index (χ1n) is 7.28. The molecule has 112 valence electrons. The summed E-state index contributed by atoms with van der Waals surface area (Å²) in [6, 6.07) is 16.1. The molecule has 0 aromatic heterocycles. The molecule has 0 saturated carbocycles. The van der Waals surface area contributed by atoms with Crippen molar-refractivity contribution in [3.8, 4) is 0 Å². The van der Waals surface area contributed by atoms with Crippen molar-refractivity contribution in [3.05, 3.63) is 82.9 Å². The van der Waals surface area contributed by atoms with E-state index >= 15 is 0 Å². The van der Waals surface area contributed by atoms with E-state index < -0.39 is 0 Å². The summed E-state index contributed by atoms with van der Waals surface area (Å²) in [6.07, 6.45) is 6.98. The van der Waals surface area contributed by atoms with Gasteiger partial charge in [-0.15, -0.1) is 0 Å². The lowest BCUT2D eigenvalue weighted by molar-refractivity contribution is -0.136. The van der Waals surface area contributed by atoms with Crippen LogP contribution in [0.4, 0.5) is 0 Å².